The van der Waals surface area contributed by atoms with Gasteiger partial charge >= 0.3 is 0 Å². The van der Waals surface area contributed by atoms with Crippen LogP contribution in [0.5, 0.6) is 0 Å². The molecule has 0 unspecified atom stereocenters. The summed E-state index contributed by atoms with van der Waals surface area (Å²) in [5.74, 6) is 0. The lowest BCUT2D eigenvalue weighted by molar-refractivity contribution is 0.137. The molecule has 0 aromatic rings. The average Bonchev–Trinajstić information content (AvgIpc) is 2.46. The molecule has 0 spiro atoms. The Morgan fingerprint density at radius 3 is 2.75 bits per heavy atom. The molecule has 2 aliphatic rings. The summed E-state index contributed by atoms with van der Waals surface area (Å²) in [5.41, 5.74) is 0. The molecule has 0 saturated heterocycles. The minimum Gasteiger partial charge on any atom is -0.460 e. The molecule has 0 radical (unpaired) electrons. The second kappa shape index (κ2) is 2.96. The van der Waals surface area contributed by atoms with E-state index in [1.165, 1.54) is 25.7 Å². The average molecular weight is 168 g/mol. The van der Waals surface area contributed by atoms with Gasteiger partial charge in [0.1, 0.15) is 6.10 Å². The van der Waals surface area contributed by atoms with Gasteiger partial charge in [0.25, 0.3) is 6.02 Å². The molecule has 1 heterocycles. The highest BCUT2D eigenvalue weighted by Crippen LogP contribution is 2.28. The summed E-state index contributed by atoms with van der Waals surface area (Å²) in [6.45, 7) is 0. The third-order valence-electron chi connectivity index (χ3n) is 2.58. The van der Waals surface area contributed by atoms with E-state index >= 15 is 0 Å². The zero-order valence-corrected chi connectivity index (χ0v) is 7.79. The molecule has 0 aromatic heterocycles. The first-order valence-corrected chi connectivity index (χ1v) is 4.69. The smallest absolute Gasteiger partial charge is 0.287 e. The first kappa shape index (κ1) is 7.90. The van der Waals surface area contributed by atoms with Gasteiger partial charge in [-0.2, -0.15) is 0 Å². The molecule has 2 atom stereocenters. The van der Waals surface area contributed by atoms with Crippen molar-refractivity contribution in [1.82, 2.24) is 4.90 Å². The Kier molecular flexibility index (Phi) is 1.95. The number of aliphatic imine (C=N–C) groups is 1. The third kappa shape index (κ3) is 1.28. The van der Waals surface area contributed by atoms with E-state index in [1.54, 1.807) is 0 Å². The highest BCUT2D eigenvalue weighted by Gasteiger charge is 2.33. The van der Waals surface area contributed by atoms with Crippen LogP contribution in [-0.4, -0.2) is 37.2 Å². The van der Waals surface area contributed by atoms with Crippen molar-refractivity contribution >= 4 is 6.02 Å². The molecule has 1 fully saturated rings. The van der Waals surface area contributed by atoms with E-state index in [0.717, 1.165) is 6.02 Å². The van der Waals surface area contributed by atoms with E-state index < -0.39 is 0 Å². The minimum absolute atomic E-state index is 0.385. The molecule has 1 aliphatic carbocycles. The number of fused-ring (bicyclic) bond motifs is 1. The van der Waals surface area contributed by atoms with Crippen molar-refractivity contribution in [2.75, 3.05) is 14.1 Å². The second-order valence-electron chi connectivity index (χ2n) is 3.81. The summed E-state index contributed by atoms with van der Waals surface area (Å²) < 4.78 is 5.70. The van der Waals surface area contributed by atoms with Crippen LogP contribution in [0.1, 0.15) is 25.7 Å². The molecule has 12 heavy (non-hydrogen) atoms. The van der Waals surface area contributed by atoms with E-state index in [9.17, 15) is 0 Å². The van der Waals surface area contributed by atoms with Gasteiger partial charge < -0.3 is 9.64 Å². The van der Waals surface area contributed by atoms with Crippen LogP contribution in [0.4, 0.5) is 0 Å². The standard InChI is InChI=1S/C9H16N2O/c1-11(2)9-10-7-5-3-4-6-8(7)12-9/h7-8H,3-6H2,1-2H3/t7-,8+/m1/s1. The lowest BCUT2D eigenvalue weighted by atomic mass is 9.94. The van der Waals surface area contributed by atoms with Crippen LogP contribution in [0.3, 0.4) is 0 Å². The summed E-state index contributed by atoms with van der Waals surface area (Å²) in [7, 11) is 3.96. The van der Waals surface area contributed by atoms with Crippen molar-refractivity contribution in [2.24, 2.45) is 4.99 Å². The highest BCUT2D eigenvalue weighted by molar-refractivity contribution is 5.75. The fraction of sp³-hybridized carbons (Fsp3) is 0.889. The number of ether oxygens (including phenoxy) is 1. The van der Waals surface area contributed by atoms with Crippen LogP contribution < -0.4 is 0 Å². The largest absolute Gasteiger partial charge is 0.460 e. The van der Waals surface area contributed by atoms with Gasteiger partial charge in [0.2, 0.25) is 0 Å². The quantitative estimate of drug-likeness (QED) is 0.543. The monoisotopic (exact) mass is 168 g/mol. The van der Waals surface area contributed by atoms with Crippen LogP contribution >= 0.6 is 0 Å². The highest BCUT2D eigenvalue weighted by atomic mass is 16.5. The van der Waals surface area contributed by atoms with Gasteiger partial charge in [-0.05, 0) is 19.3 Å². The Labute approximate surface area is 73.4 Å². The first-order chi connectivity index (χ1) is 5.77. The fourth-order valence-corrected chi connectivity index (χ4v) is 1.89. The van der Waals surface area contributed by atoms with Crippen molar-refractivity contribution in [1.29, 1.82) is 0 Å². The van der Waals surface area contributed by atoms with Gasteiger partial charge in [-0.25, -0.2) is 4.99 Å². The molecular formula is C9H16N2O. The maximum atomic E-state index is 5.70. The molecular weight excluding hydrogens is 152 g/mol. The van der Waals surface area contributed by atoms with Gasteiger partial charge in [0.05, 0.1) is 6.04 Å². The van der Waals surface area contributed by atoms with Crippen LogP contribution in [0.25, 0.3) is 0 Å². The van der Waals surface area contributed by atoms with Gasteiger partial charge in [0.15, 0.2) is 0 Å². The van der Waals surface area contributed by atoms with Gasteiger partial charge in [-0.15, -0.1) is 0 Å². The zero-order chi connectivity index (χ0) is 8.55. The predicted molar refractivity (Wildman–Crippen MR) is 48.3 cm³/mol. The van der Waals surface area contributed by atoms with Crippen LogP contribution in [0.2, 0.25) is 0 Å². The summed E-state index contributed by atoms with van der Waals surface area (Å²) in [6.07, 6.45) is 5.40. The Bertz CT molecular complexity index is 201. The fourth-order valence-electron chi connectivity index (χ4n) is 1.89. The van der Waals surface area contributed by atoms with Crippen LogP contribution in [-0.2, 0) is 4.74 Å². The molecule has 1 aliphatic heterocycles. The molecule has 1 saturated carbocycles. The number of hydrogen-bond acceptors (Lipinski definition) is 3. The molecule has 3 heteroatoms. The summed E-state index contributed by atoms with van der Waals surface area (Å²) >= 11 is 0. The third-order valence-corrected chi connectivity index (χ3v) is 2.58. The van der Waals surface area contributed by atoms with Crippen molar-refractivity contribution in [2.45, 2.75) is 37.8 Å². The SMILES string of the molecule is CN(C)C1=N[C@@H]2CCCC[C@@H]2O1. The van der Waals surface area contributed by atoms with E-state index in [0.29, 0.717) is 12.1 Å². The maximum Gasteiger partial charge on any atom is 0.287 e. The molecule has 68 valence electrons. The topological polar surface area (TPSA) is 24.8 Å². The van der Waals surface area contributed by atoms with Crippen molar-refractivity contribution in [3.05, 3.63) is 0 Å². The molecule has 2 rings (SSSR count). The molecule has 0 amide bonds. The number of nitrogens with zero attached hydrogens (tertiary/aromatic N) is 2. The molecule has 3 nitrogen and oxygen atoms in total. The summed E-state index contributed by atoms with van der Waals surface area (Å²) in [5, 5.41) is 0. The van der Waals surface area contributed by atoms with Gasteiger partial charge in [0, 0.05) is 14.1 Å². The van der Waals surface area contributed by atoms with Gasteiger partial charge in [-0.1, -0.05) is 6.42 Å². The lowest BCUT2D eigenvalue weighted by Gasteiger charge is -2.22. The van der Waals surface area contributed by atoms with Gasteiger partial charge in [-0.3, -0.25) is 0 Å². The molecule has 0 N–H and O–H groups in total. The summed E-state index contributed by atoms with van der Waals surface area (Å²) in [6, 6.07) is 1.28. The van der Waals surface area contributed by atoms with Crippen molar-refractivity contribution in [3.8, 4) is 0 Å². The zero-order valence-electron chi connectivity index (χ0n) is 7.79. The number of rotatable bonds is 0. The van der Waals surface area contributed by atoms with Crippen LogP contribution in [0, 0.1) is 0 Å². The number of hydrogen-bond donors (Lipinski definition) is 0. The Hall–Kier alpha value is -0.730. The first-order valence-electron chi connectivity index (χ1n) is 4.69. The van der Waals surface area contributed by atoms with Crippen molar-refractivity contribution in [3.63, 3.8) is 0 Å². The summed E-state index contributed by atoms with van der Waals surface area (Å²) in [4.78, 5) is 6.49. The van der Waals surface area contributed by atoms with Crippen molar-refractivity contribution < 1.29 is 4.74 Å². The molecule has 0 bridgehead atoms. The van der Waals surface area contributed by atoms with E-state index in [2.05, 4.69) is 4.99 Å². The maximum absolute atomic E-state index is 5.70. The van der Waals surface area contributed by atoms with Crippen LogP contribution in [0.15, 0.2) is 4.99 Å². The van der Waals surface area contributed by atoms with E-state index in [1.807, 2.05) is 19.0 Å². The lowest BCUT2D eigenvalue weighted by Crippen LogP contribution is -2.28. The number of amidine groups is 1. The Morgan fingerprint density at radius 2 is 2.08 bits per heavy atom. The Morgan fingerprint density at radius 1 is 1.33 bits per heavy atom. The van der Waals surface area contributed by atoms with E-state index in [4.69, 9.17) is 4.74 Å². The minimum atomic E-state index is 0.385. The van der Waals surface area contributed by atoms with E-state index in [-0.39, 0.29) is 0 Å². The molecule has 0 aromatic carbocycles. The predicted octanol–water partition coefficient (Wildman–Crippen LogP) is 1.25. The normalized spacial score (nSPS) is 33.7. The second-order valence-corrected chi connectivity index (χ2v) is 3.81. The Balaban J connectivity index is 2.04.